The van der Waals surface area contributed by atoms with Crippen LogP contribution in [0.1, 0.15) is 18.4 Å². The predicted molar refractivity (Wildman–Crippen MR) is 73.8 cm³/mol. The molecule has 1 aliphatic heterocycles. The number of carbonyl (C=O) groups is 2. The summed E-state index contributed by atoms with van der Waals surface area (Å²) >= 11 is 0. The Morgan fingerprint density at radius 2 is 2.11 bits per heavy atom. The number of fused-ring (bicyclic) bond motifs is 1. The van der Waals surface area contributed by atoms with Gasteiger partial charge >= 0.3 is 0 Å². The lowest BCUT2D eigenvalue weighted by atomic mass is 10.2. The highest BCUT2D eigenvalue weighted by Crippen LogP contribution is 2.27. The van der Waals surface area contributed by atoms with Crippen LogP contribution >= 0.6 is 0 Å². The molecular formula is C14H19N3O2. The summed E-state index contributed by atoms with van der Waals surface area (Å²) in [5.41, 5.74) is 7.43. The van der Waals surface area contributed by atoms with Gasteiger partial charge in [0, 0.05) is 25.2 Å². The van der Waals surface area contributed by atoms with Crippen LogP contribution in [-0.4, -0.2) is 31.4 Å². The van der Waals surface area contributed by atoms with Gasteiger partial charge in [0.05, 0.1) is 6.54 Å². The molecule has 2 rings (SSSR count). The van der Waals surface area contributed by atoms with Crippen LogP contribution in [0.4, 0.5) is 5.69 Å². The van der Waals surface area contributed by atoms with E-state index in [0.717, 1.165) is 18.7 Å². The fraction of sp³-hybridized carbons (Fsp3) is 0.429. The van der Waals surface area contributed by atoms with Crippen LogP contribution in [-0.2, 0) is 16.0 Å². The van der Waals surface area contributed by atoms with E-state index in [0.29, 0.717) is 19.4 Å². The zero-order valence-electron chi connectivity index (χ0n) is 10.9. The summed E-state index contributed by atoms with van der Waals surface area (Å²) in [6.07, 6.45) is 2.01. The summed E-state index contributed by atoms with van der Waals surface area (Å²) in [5.74, 6) is -0.0640. The van der Waals surface area contributed by atoms with Crippen LogP contribution < -0.4 is 16.0 Å². The number of anilines is 1. The molecule has 1 aromatic rings. The first-order valence-corrected chi connectivity index (χ1v) is 6.57. The summed E-state index contributed by atoms with van der Waals surface area (Å²) < 4.78 is 0. The molecule has 19 heavy (non-hydrogen) atoms. The largest absolute Gasteiger partial charge is 0.355 e. The van der Waals surface area contributed by atoms with Crippen LogP contribution in [0.25, 0.3) is 0 Å². The van der Waals surface area contributed by atoms with E-state index in [2.05, 4.69) is 11.4 Å². The summed E-state index contributed by atoms with van der Waals surface area (Å²) in [4.78, 5) is 24.9. The number of rotatable bonds is 5. The van der Waals surface area contributed by atoms with Gasteiger partial charge in [0.25, 0.3) is 0 Å². The van der Waals surface area contributed by atoms with Crippen molar-refractivity contribution in [2.45, 2.75) is 19.3 Å². The molecule has 5 heteroatoms. The fourth-order valence-electron chi connectivity index (χ4n) is 2.27. The Balaban J connectivity index is 1.80. The Morgan fingerprint density at radius 3 is 2.89 bits per heavy atom. The van der Waals surface area contributed by atoms with E-state index >= 15 is 0 Å². The average Bonchev–Trinajstić information content (AvgIpc) is 2.87. The minimum absolute atomic E-state index is 0.00650. The van der Waals surface area contributed by atoms with E-state index in [9.17, 15) is 9.59 Å². The molecule has 0 saturated carbocycles. The van der Waals surface area contributed by atoms with Gasteiger partial charge in [-0.3, -0.25) is 9.59 Å². The third-order valence-corrected chi connectivity index (χ3v) is 3.26. The molecule has 0 aromatic heterocycles. The highest BCUT2D eigenvalue weighted by molar-refractivity contribution is 5.95. The fourth-order valence-corrected chi connectivity index (χ4v) is 2.27. The van der Waals surface area contributed by atoms with Crippen molar-refractivity contribution in [1.82, 2.24) is 5.32 Å². The van der Waals surface area contributed by atoms with Crippen molar-refractivity contribution in [1.29, 1.82) is 0 Å². The van der Waals surface area contributed by atoms with E-state index in [4.69, 9.17) is 5.73 Å². The third-order valence-electron chi connectivity index (χ3n) is 3.26. The van der Waals surface area contributed by atoms with E-state index in [1.54, 1.807) is 0 Å². The van der Waals surface area contributed by atoms with Crippen molar-refractivity contribution in [2.75, 3.05) is 24.5 Å². The molecule has 0 aliphatic carbocycles. The van der Waals surface area contributed by atoms with Gasteiger partial charge in [-0.2, -0.15) is 0 Å². The lowest BCUT2D eigenvalue weighted by Crippen LogP contribution is -2.33. The van der Waals surface area contributed by atoms with Crippen molar-refractivity contribution < 1.29 is 9.59 Å². The molecule has 5 nitrogen and oxygen atoms in total. The molecule has 0 unspecified atom stereocenters. The molecule has 1 aromatic carbocycles. The van der Waals surface area contributed by atoms with Crippen LogP contribution in [0.3, 0.4) is 0 Å². The van der Waals surface area contributed by atoms with Crippen LogP contribution in [0.5, 0.6) is 0 Å². The van der Waals surface area contributed by atoms with E-state index < -0.39 is 0 Å². The van der Waals surface area contributed by atoms with Gasteiger partial charge in [-0.05, 0) is 24.5 Å². The molecule has 1 aliphatic rings. The second-order valence-electron chi connectivity index (χ2n) is 4.58. The SMILES string of the molecule is NCC(=O)NCCCC(=O)N1CCc2ccccc21. The normalized spacial score (nSPS) is 13.2. The van der Waals surface area contributed by atoms with Gasteiger partial charge in [-0.1, -0.05) is 18.2 Å². The highest BCUT2D eigenvalue weighted by atomic mass is 16.2. The first-order valence-electron chi connectivity index (χ1n) is 6.57. The van der Waals surface area contributed by atoms with Crippen molar-refractivity contribution in [3.8, 4) is 0 Å². The topological polar surface area (TPSA) is 75.4 Å². The average molecular weight is 261 g/mol. The van der Waals surface area contributed by atoms with E-state index in [1.165, 1.54) is 5.56 Å². The first-order chi connectivity index (χ1) is 9.22. The maximum atomic E-state index is 12.1. The number of nitrogens with zero attached hydrogens (tertiary/aromatic N) is 1. The van der Waals surface area contributed by atoms with Crippen molar-refractivity contribution in [3.63, 3.8) is 0 Å². The number of nitrogens with two attached hydrogens (primary N) is 1. The molecule has 0 bridgehead atoms. The zero-order chi connectivity index (χ0) is 13.7. The number of para-hydroxylation sites is 1. The van der Waals surface area contributed by atoms with Gasteiger partial charge in [0.1, 0.15) is 0 Å². The maximum absolute atomic E-state index is 12.1. The molecule has 0 spiro atoms. The summed E-state index contributed by atoms with van der Waals surface area (Å²) in [5, 5.41) is 2.66. The summed E-state index contributed by atoms with van der Waals surface area (Å²) in [6.45, 7) is 1.25. The zero-order valence-corrected chi connectivity index (χ0v) is 10.9. The molecule has 0 radical (unpaired) electrons. The van der Waals surface area contributed by atoms with Gasteiger partial charge < -0.3 is 16.0 Å². The molecule has 0 saturated heterocycles. The number of nitrogens with one attached hydrogen (secondary N) is 1. The van der Waals surface area contributed by atoms with E-state index in [-0.39, 0.29) is 18.4 Å². The van der Waals surface area contributed by atoms with Crippen molar-refractivity contribution >= 4 is 17.5 Å². The lowest BCUT2D eigenvalue weighted by molar-refractivity contribution is -0.121. The highest BCUT2D eigenvalue weighted by Gasteiger charge is 2.23. The number of benzene rings is 1. The molecule has 102 valence electrons. The van der Waals surface area contributed by atoms with Gasteiger partial charge in [0.15, 0.2) is 0 Å². The standard InChI is InChI=1S/C14H19N3O2/c15-10-13(18)16-8-3-6-14(19)17-9-7-11-4-1-2-5-12(11)17/h1-2,4-5H,3,6-10,15H2,(H,16,18). The first kappa shape index (κ1) is 13.5. The minimum atomic E-state index is -0.182. The Kier molecular flexibility index (Phi) is 4.52. The Morgan fingerprint density at radius 1 is 1.32 bits per heavy atom. The van der Waals surface area contributed by atoms with Gasteiger partial charge in [0.2, 0.25) is 11.8 Å². The third kappa shape index (κ3) is 3.32. The molecule has 3 N–H and O–H groups in total. The van der Waals surface area contributed by atoms with Crippen molar-refractivity contribution in [2.24, 2.45) is 5.73 Å². The van der Waals surface area contributed by atoms with E-state index in [1.807, 2.05) is 23.1 Å². The van der Waals surface area contributed by atoms with Gasteiger partial charge in [-0.25, -0.2) is 0 Å². The lowest BCUT2D eigenvalue weighted by Gasteiger charge is -2.17. The Hall–Kier alpha value is -1.88. The summed E-state index contributed by atoms with van der Waals surface area (Å²) in [6, 6.07) is 7.99. The van der Waals surface area contributed by atoms with Crippen LogP contribution in [0.15, 0.2) is 24.3 Å². The quantitative estimate of drug-likeness (QED) is 0.755. The Labute approximate surface area is 112 Å². The number of hydrogen-bond acceptors (Lipinski definition) is 3. The monoisotopic (exact) mass is 261 g/mol. The molecule has 0 fully saturated rings. The minimum Gasteiger partial charge on any atom is -0.355 e. The molecule has 1 heterocycles. The predicted octanol–water partition coefficient (Wildman–Crippen LogP) is 0.431. The molecule has 2 amide bonds. The Bertz CT molecular complexity index is 474. The summed E-state index contributed by atoms with van der Waals surface area (Å²) in [7, 11) is 0. The number of amides is 2. The number of hydrogen-bond donors (Lipinski definition) is 2. The number of carbonyl (C=O) groups excluding carboxylic acids is 2. The smallest absolute Gasteiger partial charge is 0.233 e. The van der Waals surface area contributed by atoms with Crippen LogP contribution in [0.2, 0.25) is 0 Å². The second-order valence-corrected chi connectivity index (χ2v) is 4.58. The molecular weight excluding hydrogens is 242 g/mol. The van der Waals surface area contributed by atoms with Gasteiger partial charge in [-0.15, -0.1) is 0 Å². The van der Waals surface area contributed by atoms with Crippen LogP contribution in [0, 0.1) is 0 Å². The maximum Gasteiger partial charge on any atom is 0.233 e. The van der Waals surface area contributed by atoms with Crippen molar-refractivity contribution in [3.05, 3.63) is 29.8 Å². The second kappa shape index (κ2) is 6.33. The molecule has 0 atom stereocenters.